The van der Waals surface area contributed by atoms with Gasteiger partial charge < -0.3 is 5.73 Å². The molecule has 0 spiro atoms. The summed E-state index contributed by atoms with van der Waals surface area (Å²) in [6.45, 7) is 0. The van der Waals surface area contributed by atoms with Crippen molar-refractivity contribution in [1.29, 1.82) is 0 Å². The first kappa shape index (κ1) is 13.6. The third kappa shape index (κ3) is 3.83. The number of hydrogen-bond acceptors (Lipinski definition) is 2. The summed E-state index contributed by atoms with van der Waals surface area (Å²) < 4.78 is 13.9. The summed E-state index contributed by atoms with van der Waals surface area (Å²) in [5.74, 6) is 0.535. The first-order valence-corrected chi connectivity index (χ1v) is 7.32. The topological polar surface area (TPSA) is 26.0 Å². The average Bonchev–Trinajstić information content (AvgIpc) is 2.37. The van der Waals surface area contributed by atoms with Gasteiger partial charge in [0.1, 0.15) is 5.82 Å². The van der Waals surface area contributed by atoms with Gasteiger partial charge in [-0.2, -0.15) is 0 Å². The Hall–Kier alpha value is -0.840. The molecule has 2 aromatic carbocycles. The summed E-state index contributed by atoms with van der Waals surface area (Å²) in [4.78, 5) is 1.17. The molecule has 94 valence electrons. The highest BCUT2D eigenvalue weighted by atomic mass is 79.9. The SMILES string of the molecule is NC(CSc1cccc(Br)c1)c1ccc(F)cc1. The molecule has 4 heteroatoms. The predicted octanol–water partition coefficient (Wildman–Crippen LogP) is 4.38. The van der Waals surface area contributed by atoms with Crippen molar-refractivity contribution in [2.45, 2.75) is 10.9 Å². The number of benzene rings is 2. The number of nitrogens with two attached hydrogens (primary N) is 1. The molecule has 0 bridgehead atoms. The second-order valence-corrected chi connectivity index (χ2v) is 5.94. The zero-order valence-electron chi connectivity index (χ0n) is 9.64. The van der Waals surface area contributed by atoms with Crippen LogP contribution in [0, 0.1) is 5.82 Å². The van der Waals surface area contributed by atoms with Crippen LogP contribution in [-0.4, -0.2) is 5.75 Å². The largest absolute Gasteiger partial charge is 0.323 e. The lowest BCUT2D eigenvalue weighted by atomic mass is 10.1. The zero-order valence-corrected chi connectivity index (χ0v) is 12.0. The fourth-order valence-electron chi connectivity index (χ4n) is 1.55. The van der Waals surface area contributed by atoms with Gasteiger partial charge in [0, 0.05) is 21.2 Å². The van der Waals surface area contributed by atoms with E-state index in [1.165, 1.54) is 17.0 Å². The van der Waals surface area contributed by atoms with E-state index < -0.39 is 0 Å². The van der Waals surface area contributed by atoms with Gasteiger partial charge in [-0.05, 0) is 35.9 Å². The molecule has 0 aliphatic heterocycles. The molecule has 1 nitrogen and oxygen atoms in total. The Morgan fingerprint density at radius 1 is 1.17 bits per heavy atom. The van der Waals surface area contributed by atoms with E-state index in [4.69, 9.17) is 5.73 Å². The lowest BCUT2D eigenvalue weighted by Gasteiger charge is -2.11. The van der Waals surface area contributed by atoms with Gasteiger partial charge in [-0.15, -0.1) is 11.8 Å². The molecule has 0 saturated heterocycles. The molecule has 0 aliphatic carbocycles. The van der Waals surface area contributed by atoms with E-state index in [2.05, 4.69) is 22.0 Å². The molecule has 0 saturated carbocycles. The van der Waals surface area contributed by atoms with Crippen molar-refractivity contribution < 1.29 is 4.39 Å². The van der Waals surface area contributed by atoms with Crippen molar-refractivity contribution in [3.05, 3.63) is 64.4 Å². The van der Waals surface area contributed by atoms with Crippen molar-refractivity contribution >= 4 is 27.7 Å². The van der Waals surface area contributed by atoms with Crippen LogP contribution in [0.1, 0.15) is 11.6 Å². The highest BCUT2D eigenvalue weighted by Gasteiger charge is 2.07. The molecule has 0 amide bonds. The van der Waals surface area contributed by atoms with Crippen LogP contribution in [-0.2, 0) is 0 Å². The summed E-state index contributed by atoms with van der Waals surface area (Å²) >= 11 is 5.13. The normalized spacial score (nSPS) is 12.4. The highest BCUT2D eigenvalue weighted by molar-refractivity contribution is 9.10. The van der Waals surface area contributed by atoms with Gasteiger partial charge in [0.25, 0.3) is 0 Å². The molecule has 0 aromatic heterocycles. The summed E-state index contributed by atoms with van der Waals surface area (Å²) in [7, 11) is 0. The highest BCUT2D eigenvalue weighted by Crippen LogP contribution is 2.25. The fraction of sp³-hybridized carbons (Fsp3) is 0.143. The lowest BCUT2D eigenvalue weighted by molar-refractivity contribution is 0.626. The first-order valence-electron chi connectivity index (χ1n) is 5.54. The Morgan fingerprint density at radius 2 is 1.89 bits per heavy atom. The predicted molar refractivity (Wildman–Crippen MR) is 78.2 cm³/mol. The van der Waals surface area contributed by atoms with Crippen LogP contribution in [0.3, 0.4) is 0 Å². The third-order valence-corrected chi connectivity index (χ3v) is 4.13. The summed E-state index contributed by atoms with van der Waals surface area (Å²) in [6.07, 6.45) is 0. The van der Waals surface area contributed by atoms with Crippen molar-refractivity contribution in [2.24, 2.45) is 5.73 Å². The Labute approximate surface area is 119 Å². The van der Waals surface area contributed by atoms with E-state index in [1.807, 2.05) is 18.2 Å². The van der Waals surface area contributed by atoms with E-state index in [1.54, 1.807) is 23.9 Å². The molecule has 18 heavy (non-hydrogen) atoms. The lowest BCUT2D eigenvalue weighted by Crippen LogP contribution is -2.12. The number of halogens is 2. The van der Waals surface area contributed by atoms with E-state index in [9.17, 15) is 4.39 Å². The van der Waals surface area contributed by atoms with Crippen LogP contribution in [0.5, 0.6) is 0 Å². The molecule has 0 heterocycles. The molecule has 0 aliphatic rings. The van der Waals surface area contributed by atoms with E-state index in [-0.39, 0.29) is 11.9 Å². The fourth-order valence-corrected chi connectivity index (χ4v) is 3.05. The van der Waals surface area contributed by atoms with Crippen LogP contribution in [0.4, 0.5) is 4.39 Å². The average molecular weight is 326 g/mol. The molecule has 0 radical (unpaired) electrons. The maximum absolute atomic E-state index is 12.8. The Kier molecular flexibility index (Phi) is 4.80. The molecule has 2 rings (SSSR count). The quantitative estimate of drug-likeness (QED) is 0.844. The molecular formula is C14H13BrFNS. The Balaban J connectivity index is 1.96. The number of hydrogen-bond donors (Lipinski definition) is 1. The van der Waals surface area contributed by atoms with E-state index in [0.717, 1.165) is 15.8 Å². The van der Waals surface area contributed by atoms with E-state index in [0.29, 0.717) is 0 Å². The van der Waals surface area contributed by atoms with Gasteiger partial charge in [0.15, 0.2) is 0 Å². The van der Waals surface area contributed by atoms with Gasteiger partial charge in [-0.25, -0.2) is 4.39 Å². The van der Waals surface area contributed by atoms with Crippen LogP contribution in [0.25, 0.3) is 0 Å². The smallest absolute Gasteiger partial charge is 0.123 e. The number of thioether (sulfide) groups is 1. The van der Waals surface area contributed by atoms with Gasteiger partial charge in [-0.1, -0.05) is 34.1 Å². The van der Waals surface area contributed by atoms with Crippen LogP contribution >= 0.6 is 27.7 Å². The second-order valence-electron chi connectivity index (χ2n) is 3.93. The van der Waals surface area contributed by atoms with Crippen LogP contribution in [0.15, 0.2) is 57.9 Å². The Morgan fingerprint density at radius 3 is 2.56 bits per heavy atom. The van der Waals surface area contributed by atoms with Gasteiger partial charge in [-0.3, -0.25) is 0 Å². The zero-order chi connectivity index (χ0) is 13.0. The summed E-state index contributed by atoms with van der Waals surface area (Å²) in [5.41, 5.74) is 7.03. The minimum atomic E-state index is -0.231. The summed E-state index contributed by atoms with van der Waals surface area (Å²) in [6, 6.07) is 14.4. The van der Waals surface area contributed by atoms with Gasteiger partial charge in [0.05, 0.1) is 0 Å². The van der Waals surface area contributed by atoms with Gasteiger partial charge >= 0.3 is 0 Å². The summed E-state index contributed by atoms with van der Waals surface area (Å²) in [5, 5.41) is 0. The molecule has 2 N–H and O–H groups in total. The second kappa shape index (κ2) is 6.36. The molecule has 1 atom stereocenters. The van der Waals surface area contributed by atoms with Crippen LogP contribution < -0.4 is 5.73 Å². The first-order chi connectivity index (χ1) is 8.65. The van der Waals surface area contributed by atoms with Gasteiger partial charge in [0.2, 0.25) is 0 Å². The van der Waals surface area contributed by atoms with Crippen molar-refractivity contribution in [1.82, 2.24) is 0 Å². The maximum Gasteiger partial charge on any atom is 0.123 e. The molecule has 0 fully saturated rings. The van der Waals surface area contributed by atoms with Crippen molar-refractivity contribution in [3.63, 3.8) is 0 Å². The molecular weight excluding hydrogens is 313 g/mol. The van der Waals surface area contributed by atoms with Crippen molar-refractivity contribution in [3.8, 4) is 0 Å². The Bertz CT molecular complexity index is 515. The minimum absolute atomic E-state index is 0.0884. The third-order valence-electron chi connectivity index (χ3n) is 2.52. The van der Waals surface area contributed by atoms with Crippen LogP contribution in [0.2, 0.25) is 0 Å². The number of rotatable bonds is 4. The van der Waals surface area contributed by atoms with E-state index >= 15 is 0 Å². The molecule has 2 aromatic rings. The minimum Gasteiger partial charge on any atom is -0.323 e. The monoisotopic (exact) mass is 325 g/mol. The van der Waals surface area contributed by atoms with Crippen molar-refractivity contribution in [2.75, 3.05) is 5.75 Å². The molecule has 1 unspecified atom stereocenters. The maximum atomic E-state index is 12.8. The standard InChI is InChI=1S/C14H13BrFNS/c15-11-2-1-3-13(8-11)18-9-14(17)10-4-6-12(16)7-5-10/h1-8,14H,9,17H2.